The number of benzene rings is 9. The topological polar surface area (TPSA) is 34.5 Å². The summed E-state index contributed by atoms with van der Waals surface area (Å²) in [5, 5.41) is 9.21. The third kappa shape index (κ3) is 4.53. The van der Waals surface area contributed by atoms with Gasteiger partial charge in [0, 0.05) is 43.9 Å². The van der Waals surface area contributed by atoms with E-state index < -0.39 is 0 Å². The summed E-state index contributed by atoms with van der Waals surface area (Å²) < 4.78 is 15.4. The van der Waals surface area contributed by atoms with Gasteiger partial charge >= 0.3 is 0 Å². The molecule has 0 radical (unpaired) electrons. The highest BCUT2D eigenvalue weighted by Gasteiger charge is 2.24. The maximum absolute atomic E-state index is 6.57. The number of aromatic nitrogens is 1. The van der Waals surface area contributed by atoms with Crippen molar-refractivity contribution >= 4 is 93.5 Å². The molecule has 4 heteroatoms. The van der Waals surface area contributed by atoms with E-state index in [4.69, 9.17) is 8.83 Å². The van der Waals surface area contributed by atoms with Crippen LogP contribution in [-0.2, 0) is 0 Å². The maximum atomic E-state index is 6.57. The van der Waals surface area contributed by atoms with Crippen LogP contribution in [0.3, 0.4) is 0 Å². The quantitative estimate of drug-likeness (QED) is 0.178. The van der Waals surface area contributed by atoms with Gasteiger partial charge in [-0.3, -0.25) is 0 Å². The van der Waals surface area contributed by atoms with Gasteiger partial charge in [-0.05, 0) is 95.2 Å². The van der Waals surface area contributed by atoms with Gasteiger partial charge in [0.25, 0.3) is 0 Å². The summed E-state index contributed by atoms with van der Waals surface area (Å²) in [5.41, 5.74) is 12.3. The van der Waals surface area contributed by atoms with E-state index in [0.717, 1.165) is 83.1 Å². The molecule has 0 bridgehead atoms. The zero-order chi connectivity index (χ0) is 36.7. The lowest BCUT2D eigenvalue weighted by Crippen LogP contribution is -2.12. The normalized spacial score (nSPS) is 11.9. The van der Waals surface area contributed by atoms with Gasteiger partial charge in [-0.2, -0.15) is 0 Å². The summed E-state index contributed by atoms with van der Waals surface area (Å²) >= 11 is 0. The van der Waals surface area contributed by atoms with Crippen LogP contribution in [0.4, 0.5) is 17.1 Å². The molecule has 9 aromatic carbocycles. The van der Waals surface area contributed by atoms with Crippen molar-refractivity contribution in [3.8, 4) is 16.8 Å². The fourth-order valence-electron chi connectivity index (χ4n) is 8.93. The molecule has 3 heterocycles. The van der Waals surface area contributed by atoms with Crippen LogP contribution >= 0.6 is 0 Å². The second-order valence-corrected chi connectivity index (χ2v) is 14.5. The van der Waals surface area contributed by atoms with Crippen molar-refractivity contribution in [3.05, 3.63) is 194 Å². The highest BCUT2D eigenvalue weighted by Crippen LogP contribution is 2.48. The van der Waals surface area contributed by atoms with E-state index in [-0.39, 0.29) is 0 Å². The maximum Gasteiger partial charge on any atom is 0.137 e. The summed E-state index contributed by atoms with van der Waals surface area (Å²) in [5.74, 6) is 0. The zero-order valence-corrected chi connectivity index (χ0v) is 30.2. The van der Waals surface area contributed by atoms with Gasteiger partial charge < -0.3 is 18.3 Å². The van der Waals surface area contributed by atoms with Crippen molar-refractivity contribution in [1.29, 1.82) is 0 Å². The standard InChI is InChI=1S/C52H32N2O2/c1-2-14-34-32-50-42(31-33(34)13-1)51-40(19-11-25-48(51)56-50)39-17-5-9-22-45(39)54(46-23-12-26-49-52(46)41-18-6-10-24-47(41)55-49)36-29-27-35(28-30-36)53-43-20-7-3-15-37(43)38-16-4-8-21-44(38)53/h1-32H. The Kier molecular flexibility index (Phi) is 6.60. The smallest absolute Gasteiger partial charge is 0.137 e. The number of anilines is 3. The van der Waals surface area contributed by atoms with Crippen molar-refractivity contribution < 1.29 is 8.83 Å². The number of para-hydroxylation sites is 4. The Labute approximate surface area is 321 Å². The highest BCUT2D eigenvalue weighted by atomic mass is 16.3. The number of hydrogen-bond donors (Lipinski definition) is 0. The lowest BCUT2D eigenvalue weighted by atomic mass is 9.96. The van der Waals surface area contributed by atoms with Crippen molar-refractivity contribution in [2.24, 2.45) is 0 Å². The average molecular weight is 717 g/mol. The van der Waals surface area contributed by atoms with Crippen molar-refractivity contribution in [2.45, 2.75) is 0 Å². The van der Waals surface area contributed by atoms with Crippen LogP contribution in [0.1, 0.15) is 0 Å². The van der Waals surface area contributed by atoms with Gasteiger partial charge in [0.05, 0.1) is 27.8 Å². The molecule has 0 atom stereocenters. The summed E-state index contributed by atoms with van der Waals surface area (Å²) in [6.07, 6.45) is 0. The van der Waals surface area contributed by atoms with Crippen LogP contribution in [0.5, 0.6) is 0 Å². The lowest BCUT2D eigenvalue weighted by Gasteiger charge is -2.29. The molecule has 262 valence electrons. The van der Waals surface area contributed by atoms with Gasteiger partial charge in [-0.25, -0.2) is 0 Å². The first kappa shape index (κ1) is 30.9. The molecular weight excluding hydrogens is 685 g/mol. The van der Waals surface area contributed by atoms with E-state index in [2.05, 4.69) is 191 Å². The second-order valence-electron chi connectivity index (χ2n) is 14.5. The fraction of sp³-hybridized carbons (Fsp3) is 0. The van der Waals surface area contributed by atoms with Crippen LogP contribution in [0, 0.1) is 0 Å². The number of rotatable bonds is 5. The molecule has 0 aliphatic heterocycles. The molecule has 0 saturated heterocycles. The van der Waals surface area contributed by atoms with Crippen LogP contribution in [-0.4, -0.2) is 4.57 Å². The first-order valence-corrected chi connectivity index (χ1v) is 19.0. The highest BCUT2D eigenvalue weighted by molar-refractivity contribution is 6.18. The Bertz CT molecular complexity index is 3440. The average Bonchev–Trinajstić information content (AvgIpc) is 3.93. The predicted octanol–water partition coefficient (Wildman–Crippen LogP) is 14.9. The molecule has 3 aromatic heterocycles. The largest absolute Gasteiger partial charge is 0.456 e. The van der Waals surface area contributed by atoms with Crippen LogP contribution in [0.25, 0.3) is 93.3 Å². The Morgan fingerprint density at radius 2 is 0.911 bits per heavy atom. The molecule has 0 amide bonds. The van der Waals surface area contributed by atoms with Crippen molar-refractivity contribution in [1.82, 2.24) is 4.57 Å². The van der Waals surface area contributed by atoms with Gasteiger partial charge in [0.1, 0.15) is 22.3 Å². The Morgan fingerprint density at radius 3 is 1.70 bits per heavy atom. The van der Waals surface area contributed by atoms with E-state index in [1.165, 1.54) is 27.2 Å². The molecule has 0 spiro atoms. The first-order valence-electron chi connectivity index (χ1n) is 19.0. The van der Waals surface area contributed by atoms with Gasteiger partial charge in [-0.15, -0.1) is 0 Å². The molecule has 12 rings (SSSR count). The molecule has 0 saturated carbocycles. The Balaban J connectivity index is 1.11. The molecular formula is C52H32N2O2. The van der Waals surface area contributed by atoms with Crippen molar-refractivity contribution in [2.75, 3.05) is 4.90 Å². The third-order valence-electron chi connectivity index (χ3n) is 11.4. The van der Waals surface area contributed by atoms with Gasteiger partial charge in [-0.1, -0.05) is 115 Å². The summed E-state index contributed by atoms with van der Waals surface area (Å²) in [6, 6.07) is 69.0. The first-order chi connectivity index (χ1) is 27.8. The van der Waals surface area contributed by atoms with Crippen LogP contribution < -0.4 is 4.90 Å². The van der Waals surface area contributed by atoms with E-state index >= 15 is 0 Å². The SMILES string of the molecule is c1ccc(N(c2ccc(-n3c4ccccc4c4ccccc43)cc2)c2cccc3oc4ccccc4c23)c(-c2cccc3oc4cc5ccccc5cc4c23)c1. The van der Waals surface area contributed by atoms with Gasteiger partial charge in [0.15, 0.2) is 0 Å². The second kappa shape index (κ2) is 12.0. The minimum absolute atomic E-state index is 0.850. The molecule has 12 aromatic rings. The minimum atomic E-state index is 0.850. The minimum Gasteiger partial charge on any atom is -0.456 e. The van der Waals surface area contributed by atoms with Crippen LogP contribution in [0.15, 0.2) is 203 Å². The molecule has 56 heavy (non-hydrogen) atoms. The lowest BCUT2D eigenvalue weighted by molar-refractivity contribution is 0.669. The predicted molar refractivity (Wildman–Crippen MR) is 233 cm³/mol. The number of nitrogens with zero attached hydrogens (tertiary/aromatic N) is 2. The molecule has 0 aliphatic carbocycles. The van der Waals surface area contributed by atoms with E-state index in [0.29, 0.717) is 0 Å². The molecule has 0 fully saturated rings. The number of hydrogen-bond acceptors (Lipinski definition) is 3. The molecule has 4 nitrogen and oxygen atoms in total. The van der Waals surface area contributed by atoms with E-state index in [1.54, 1.807) is 0 Å². The molecule has 0 aliphatic rings. The van der Waals surface area contributed by atoms with Crippen LogP contribution in [0.2, 0.25) is 0 Å². The third-order valence-corrected chi connectivity index (χ3v) is 11.4. The summed E-state index contributed by atoms with van der Waals surface area (Å²) in [4.78, 5) is 2.39. The van der Waals surface area contributed by atoms with Crippen molar-refractivity contribution in [3.63, 3.8) is 0 Å². The van der Waals surface area contributed by atoms with Gasteiger partial charge in [0.2, 0.25) is 0 Å². The fourth-order valence-corrected chi connectivity index (χ4v) is 8.93. The zero-order valence-electron chi connectivity index (χ0n) is 30.2. The monoisotopic (exact) mass is 716 g/mol. The number of furan rings is 2. The number of fused-ring (bicyclic) bond motifs is 10. The molecule has 0 N–H and O–H groups in total. The van der Waals surface area contributed by atoms with E-state index in [9.17, 15) is 0 Å². The summed E-state index contributed by atoms with van der Waals surface area (Å²) in [6.45, 7) is 0. The summed E-state index contributed by atoms with van der Waals surface area (Å²) in [7, 11) is 0. The Hall–Kier alpha value is -7.56. The van der Waals surface area contributed by atoms with E-state index in [1.807, 2.05) is 12.1 Å². The Morgan fingerprint density at radius 1 is 0.357 bits per heavy atom. The molecule has 0 unspecified atom stereocenters.